The molecule has 6 aromatic carbocycles. The summed E-state index contributed by atoms with van der Waals surface area (Å²) in [6.07, 6.45) is 4.28. The lowest BCUT2D eigenvalue weighted by Gasteiger charge is -2.42. The summed E-state index contributed by atoms with van der Waals surface area (Å²) in [6.45, 7) is 0. The summed E-state index contributed by atoms with van der Waals surface area (Å²) in [5, 5.41) is 6.60. The van der Waals surface area contributed by atoms with Crippen LogP contribution in [0.4, 0.5) is 0 Å². The second-order valence-electron chi connectivity index (χ2n) is 10.9. The maximum atomic E-state index is 13.8. The minimum Gasteiger partial charge on any atom is -0.302 e. The minimum absolute atomic E-state index is 0.574. The van der Waals surface area contributed by atoms with E-state index in [1.165, 1.54) is 0 Å². The molecular weight excluding hydrogens is 586 g/mol. The van der Waals surface area contributed by atoms with Gasteiger partial charge >= 0.3 is 0 Å². The molecule has 0 bridgehead atoms. The van der Waals surface area contributed by atoms with Crippen molar-refractivity contribution >= 4 is 58.9 Å². The molecule has 4 heteroatoms. The zero-order chi connectivity index (χ0) is 31.0. The fraction of sp³-hybridized carbons (Fsp3) is 0.0488. The molecule has 0 aliphatic carbocycles. The van der Waals surface area contributed by atoms with E-state index < -0.39 is 25.8 Å². The van der Waals surface area contributed by atoms with Crippen LogP contribution in [0.2, 0.25) is 0 Å². The normalized spacial score (nSPS) is 13.0. The van der Waals surface area contributed by atoms with Gasteiger partial charge in [0.1, 0.15) is 44.4 Å². The first-order chi connectivity index (χ1) is 22.3. The summed E-state index contributed by atoms with van der Waals surface area (Å²) >= 11 is 0. The Labute approximate surface area is 267 Å². The zero-order valence-electron chi connectivity index (χ0n) is 24.9. The molecule has 2 nitrogen and oxygen atoms in total. The van der Waals surface area contributed by atoms with Crippen LogP contribution in [-0.4, -0.2) is 23.9 Å². The molecule has 0 radical (unpaired) electrons. The number of rotatable bonds is 12. The molecule has 45 heavy (non-hydrogen) atoms. The van der Waals surface area contributed by atoms with Gasteiger partial charge in [0, 0.05) is 11.3 Å². The lowest BCUT2D eigenvalue weighted by Crippen LogP contribution is -2.45. The largest absolute Gasteiger partial charge is 0.302 e. The molecule has 2 unspecified atom stereocenters. The van der Waals surface area contributed by atoms with E-state index >= 15 is 0 Å². The molecule has 0 aromatic heterocycles. The molecule has 0 amide bonds. The van der Waals surface area contributed by atoms with Crippen LogP contribution in [0.5, 0.6) is 0 Å². The molecule has 6 aromatic rings. The fourth-order valence-corrected chi connectivity index (χ4v) is 15.7. The molecule has 2 atom stereocenters. The summed E-state index contributed by atoms with van der Waals surface area (Å²) in [6, 6.07) is 62.3. The van der Waals surface area contributed by atoms with Gasteiger partial charge in [0.15, 0.2) is 0 Å². The molecule has 0 aliphatic rings. The Morgan fingerprint density at radius 3 is 0.667 bits per heavy atom. The average Bonchev–Trinajstić information content (AvgIpc) is 3.13. The molecule has 0 saturated carbocycles. The monoisotopic (exact) mass is 621 g/mol. The van der Waals surface area contributed by atoms with Crippen molar-refractivity contribution in [2.45, 2.75) is 11.3 Å². The third-order valence-electron chi connectivity index (χ3n) is 8.55. The van der Waals surface area contributed by atoms with E-state index in [2.05, 4.69) is 79.2 Å². The minimum atomic E-state index is -2.64. The molecular formula is C41H35O2P2+. The van der Waals surface area contributed by atoms with Crippen molar-refractivity contribution in [1.82, 2.24) is 0 Å². The first-order valence-electron chi connectivity index (χ1n) is 15.1. The van der Waals surface area contributed by atoms with Gasteiger partial charge in [-0.2, -0.15) is 0 Å². The number of hydrogen-bond acceptors (Lipinski definition) is 2. The first kappa shape index (κ1) is 30.5. The van der Waals surface area contributed by atoms with Crippen LogP contribution in [0, 0.1) is 6.42 Å². The van der Waals surface area contributed by atoms with Crippen LogP contribution in [0.1, 0.15) is 0 Å². The predicted octanol–water partition coefficient (Wildman–Crippen LogP) is 6.31. The van der Waals surface area contributed by atoms with Gasteiger partial charge in [-0.15, -0.1) is 0 Å². The van der Waals surface area contributed by atoms with Gasteiger partial charge in [-0.3, -0.25) is 0 Å². The maximum Gasteiger partial charge on any atom is 0.130 e. The Morgan fingerprint density at radius 1 is 0.333 bits per heavy atom. The summed E-state index contributed by atoms with van der Waals surface area (Å²) in [5.74, 6) is 0. The Balaban J connectivity index is 1.64. The van der Waals surface area contributed by atoms with Gasteiger partial charge in [-0.1, -0.05) is 109 Å². The van der Waals surface area contributed by atoms with Gasteiger partial charge in [-0.05, 0) is 72.8 Å². The van der Waals surface area contributed by atoms with Crippen LogP contribution in [-0.2, 0) is 9.59 Å². The van der Waals surface area contributed by atoms with Crippen molar-refractivity contribution in [3.63, 3.8) is 0 Å². The fourth-order valence-electron chi connectivity index (χ4n) is 6.64. The van der Waals surface area contributed by atoms with Crippen molar-refractivity contribution in [2.24, 2.45) is 0 Å². The van der Waals surface area contributed by atoms with Crippen molar-refractivity contribution in [3.8, 4) is 0 Å². The Hall–Kier alpha value is -4.48. The smallest absolute Gasteiger partial charge is 0.130 e. The highest BCUT2D eigenvalue weighted by atomic mass is 31.2. The van der Waals surface area contributed by atoms with Gasteiger partial charge in [0.2, 0.25) is 0 Å². The molecule has 220 valence electrons. The van der Waals surface area contributed by atoms with Crippen molar-refractivity contribution < 1.29 is 9.59 Å². The lowest BCUT2D eigenvalue weighted by atomic mass is 10.2. The second kappa shape index (κ2) is 14.1. The highest BCUT2D eigenvalue weighted by Crippen LogP contribution is 2.65. The van der Waals surface area contributed by atoms with Crippen LogP contribution >= 0.6 is 14.5 Å². The number of hydrogen-bond donors (Lipinski definition) is 0. The summed E-state index contributed by atoms with van der Waals surface area (Å²) in [7, 11) is -5.28. The van der Waals surface area contributed by atoms with Crippen molar-refractivity contribution in [2.75, 3.05) is 0 Å². The molecule has 0 saturated heterocycles. The van der Waals surface area contributed by atoms with Crippen molar-refractivity contribution in [3.05, 3.63) is 188 Å². The van der Waals surface area contributed by atoms with E-state index in [4.69, 9.17) is 0 Å². The van der Waals surface area contributed by atoms with Crippen LogP contribution in [0.15, 0.2) is 182 Å². The van der Waals surface area contributed by atoms with E-state index in [1.807, 2.05) is 109 Å². The second-order valence-corrected chi connectivity index (χ2v) is 18.1. The Morgan fingerprint density at radius 2 is 0.511 bits per heavy atom. The highest BCUT2D eigenvalue weighted by molar-refractivity contribution is 7.98. The number of aldehydes is 2. The van der Waals surface area contributed by atoms with Gasteiger partial charge in [0.25, 0.3) is 0 Å². The van der Waals surface area contributed by atoms with E-state index in [1.54, 1.807) is 0 Å². The summed E-state index contributed by atoms with van der Waals surface area (Å²) < 4.78 is 0. The van der Waals surface area contributed by atoms with Gasteiger partial charge in [0.05, 0.1) is 14.5 Å². The topological polar surface area (TPSA) is 34.1 Å². The summed E-state index contributed by atoms with van der Waals surface area (Å²) in [5.41, 5.74) is -1.15. The van der Waals surface area contributed by atoms with Gasteiger partial charge in [-0.25, -0.2) is 6.42 Å². The lowest BCUT2D eigenvalue weighted by molar-refractivity contribution is -0.107. The molecule has 0 fully saturated rings. The predicted molar refractivity (Wildman–Crippen MR) is 194 cm³/mol. The standard InChI is InChI=1S/C41H35O2P2/c42-32-40(44(34-19-7-1-8-20-34,35-21-9-2-10-22-35)36-23-11-3-12-24-36)31-41(33-43)45(37-25-13-4-14-26-37,38-27-15-5-16-28-38)39-29-17-6-18-30-39/h1-33,40-41H/q+1. The Kier molecular flexibility index (Phi) is 9.56. The molecule has 0 heterocycles. The first-order valence-corrected chi connectivity index (χ1v) is 18.8. The number of carbonyl (C=O) groups is 2. The molecule has 0 N–H and O–H groups in total. The Bertz CT molecular complexity index is 1470. The van der Waals surface area contributed by atoms with E-state index in [0.29, 0.717) is 0 Å². The van der Waals surface area contributed by atoms with E-state index in [-0.39, 0.29) is 0 Å². The molecule has 0 aliphatic heterocycles. The number of carbonyl (C=O) groups excluding carboxylic acids is 2. The molecule has 6 rings (SSSR count). The SMILES string of the molecule is O=CC([CH-]C(C=O)[P+](c1ccccc1)(c1ccccc1)c1ccccc1)[P+](c1ccccc1)(c1ccccc1)c1ccccc1. The van der Waals surface area contributed by atoms with E-state index in [9.17, 15) is 9.59 Å². The van der Waals surface area contributed by atoms with Crippen LogP contribution < -0.4 is 31.8 Å². The van der Waals surface area contributed by atoms with Crippen molar-refractivity contribution in [1.29, 1.82) is 0 Å². The van der Waals surface area contributed by atoms with Gasteiger partial charge < -0.3 is 9.59 Å². The number of benzene rings is 6. The van der Waals surface area contributed by atoms with Crippen LogP contribution in [0.25, 0.3) is 0 Å². The average molecular weight is 622 g/mol. The zero-order valence-corrected chi connectivity index (χ0v) is 26.7. The highest BCUT2D eigenvalue weighted by Gasteiger charge is 2.54. The van der Waals surface area contributed by atoms with E-state index in [0.717, 1.165) is 44.4 Å². The third-order valence-corrected chi connectivity index (χ3v) is 17.6. The third kappa shape index (κ3) is 5.62. The quantitative estimate of drug-likeness (QED) is 0.0912. The van der Waals surface area contributed by atoms with Crippen LogP contribution in [0.3, 0.4) is 0 Å². The summed E-state index contributed by atoms with van der Waals surface area (Å²) in [4.78, 5) is 27.5. The maximum absolute atomic E-state index is 13.8. The molecule has 0 spiro atoms.